The summed E-state index contributed by atoms with van der Waals surface area (Å²) in [5.41, 5.74) is 0. The average Bonchev–Trinajstić information content (AvgIpc) is 3.39. The van der Waals surface area contributed by atoms with Crippen LogP contribution in [0.1, 0.15) is 77.6 Å². The van der Waals surface area contributed by atoms with Gasteiger partial charge in [-0.1, -0.05) is 51.9 Å². The lowest BCUT2D eigenvalue weighted by Gasteiger charge is -2.20. The van der Waals surface area contributed by atoms with Gasteiger partial charge >= 0.3 is 10.1 Å². The number of carbonyl (C=O) groups is 2. The molecule has 0 aromatic rings. The van der Waals surface area contributed by atoms with Gasteiger partial charge in [0.1, 0.15) is 0 Å². The lowest BCUT2D eigenvalue weighted by atomic mass is 10.1. The Morgan fingerprint density at radius 3 is 1.58 bits per heavy atom. The molecular weight excluding hydrogens is 397 g/mol. The second-order valence-electron chi connectivity index (χ2n) is 6.91. The molecule has 3 fully saturated rings. The molecule has 7 heteroatoms. The zero-order valence-corrected chi connectivity index (χ0v) is 18.4. The number of halogens is 3. The Morgan fingerprint density at radius 2 is 1.31 bits per heavy atom. The molecule has 3 aliphatic rings. The zero-order valence-electron chi connectivity index (χ0n) is 16.2. The highest BCUT2D eigenvalue weighted by Gasteiger charge is 2.21. The number of carbonyl (C=O) groups excluding carboxylic acids is 2. The van der Waals surface area contributed by atoms with Crippen LogP contribution in [0, 0.1) is 5.92 Å². The van der Waals surface area contributed by atoms with Crippen LogP contribution in [0.5, 0.6) is 0 Å². The van der Waals surface area contributed by atoms with E-state index in [-0.39, 0.29) is 5.37 Å². The Balaban J connectivity index is 0.000000342. The fourth-order valence-corrected chi connectivity index (χ4v) is 3.50. The maximum atomic E-state index is 10.6. The number of amides is 1. The molecule has 2 saturated carbocycles. The third kappa shape index (κ3) is 15.1. The molecule has 0 radical (unpaired) electrons. The fourth-order valence-electron chi connectivity index (χ4n) is 3.36. The maximum absolute atomic E-state index is 10.6. The van der Waals surface area contributed by atoms with Crippen molar-refractivity contribution in [2.45, 2.75) is 83.6 Å². The van der Waals surface area contributed by atoms with Gasteiger partial charge in [-0.15, -0.1) is 0 Å². The number of nitrogens with zero attached hydrogens (tertiary/aromatic N) is 1. The summed E-state index contributed by atoms with van der Waals surface area (Å²) in [6.45, 7) is 4.30. The molecule has 0 aromatic carbocycles. The van der Waals surface area contributed by atoms with Crippen LogP contribution in [0.3, 0.4) is 0 Å². The second kappa shape index (κ2) is 17.1. The van der Waals surface area contributed by atoms with E-state index < -0.39 is 4.70 Å². The third-order valence-corrected chi connectivity index (χ3v) is 5.30. The van der Waals surface area contributed by atoms with Crippen molar-refractivity contribution < 1.29 is 14.3 Å². The van der Waals surface area contributed by atoms with Crippen molar-refractivity contribution in [3.63, 3.8) is 0 Å². The fraction of sp³-hybridized carbons (Fsp3) is 0.895. The number of hydrogen-bond donors (Lipinski definition) is 0. The van der Waals surface area contributed by atoms with Crippen LogP contribution in [-0.2, 0) is 4.74 Å². The van der Waals surface area contributed by atoms with E-state index in [4.69, 9.17) is 21.1 Å². The van der Waals surface area contributed by atoms with Crippen molar-refractivity contribution in [2.75, 3.05) is 20.3 Å². The normalized spacial score (nSPS) is 19.4. The lowest BCUT2D eigenvalue weighted by Crippen LogP contribution is -2.30. The van der Waals surface area contributed by atoms with Gasteiger partial charge in [-0.05, 0) is 66.4 Å². The number of hydrogen-bond acceptors (Lipinski definition) is 3. The van der Waals surface area contributed by atoms with Gasteiger partial charge in [0.15, 0.2) is 0 Å². The van der Waals surface area contributed by atoms with Crippen molar-refractivity contribution in [1.82, 2.24) is 4.90 Å². The van der Waals surface area contributed by atoms with Crippen LogP contribution < -0.4 is 0 Å². The van der Waals surface area contributed by atoms with Gasteiger partial charge in [0.2, 0.25) is 0 Å². The molecule has 4 nitrogen and oxygen atoms in total. The van der Waals surface area contributed by atoms with Gasteiger partial charge < -0.3 is 9.64 Å². The quantitative estimate of drug-likeness (QED) is 0.344. The summed E-state index contributed by atoms with van der Waals surface area (Å²) in [7, 11) is 1.77. The molecule has 0 spiro atoms. The Labute approximate surface area is 173 Å². The minimum Gasteiger partial charge on any atom is -0.381 e. The van der Waals surface area contributed by atoms with E-state index in [1.54, 1.807) is 11.9 Å². The first kappa shape index (κ1) is 26.0. The molecular formula is C19H34Cl3NO3. The summed E-state index contributed by atoms with van der Waals surface area (Å²) in [5.74, 6) is 1.10. The van der Waals surface area contributed by atoms with Gasteiger partial charge in [-0.2, -0.15) is 0 Å². The van der Waals surface area contributed by atoms with Gasteiger partial charge in [0.05, 0.1) is 0 Å². The molecule has 0 N–H and O–H groups in total. The van der Waals surface area contributed by atoms with Crippen LogP contribution in [0.4, 0.5) is 9.59 Å². The third-order valence-electron chi connectivity index (χ3n) is 5.03. The van der Waals surface area contributed by atoms with Crippen LogP contribution in [0.2, 0.25) is 0 Å². The topological polar surface area (TPSA) is 46.6 Å². The Hall–Kier alpha value is -0.0300. The molecule has 3 rings (SSSR count). The highest BCUT2D eigenvalue weighted by molar-refractivity contribution is 6.93. The first-order chi connectivity index (χ1) is 12.4. The van der Waals surface area contributed by atoms with Gasteiger partial charge in [0.25, 0.3) is 0 Å². The predicted molar refractivity (Wildman–Crippen MR) is 111 cm³/mol. The molecule has 0 atom stereocenters. The first-order valence-corrected chi connectivity index (χ1v) is 10.9. The summed E-state index contributed by atoms with van der Waals surface area (Å²) < 4.78 is 4.06. The Morgan fingerprint density at radius 1 is 0.885 bits per heavy atom. The SMILES string of the molecule is C1CCOC1.CCC1CCCC1.CN(C(=O)Cl)C1CCCC1.O=C(Cl)Cl. The van der Waals surface area contributed by atoms with Crippen molar-refractivity contribution >= 4 is 44.9 Å². The molecule has 0 unspecified atom stereocenters. The molecule has 2 aliphatic carbocycles. The molecule has 1 heterocycles. The van der Waals surface area contributed by atoms with E-state index in [9.17, 15) is 4.79 Å². The highest BCUT2D eigenvalue weighted by Crippen LogP contribution is 2.26. The van der Waals surface area contributed by atoms with Crippen molar-refractivity contribution in [1.29, 1.82) is 0 Å². The van der Waals surface area contributed by atoms with E-state index in [1.165, 1.54) is 57.8 Å². The first-order valence-electron chi connectivity index (χ1n) is 9.73. The van der Waals surface area contributed by atoms with E-state index in [0.717, 1.165) is 32.0 Å². The van der Waals surface area contributed by atoms with Gasteiger partial charge in [0, 0.05) is 26.3 Å². The maximum Gasteiger partial charge on any atom is 0.316 e. The van der Waals surface area contributed by atoms with Crippen molar-refractivity contribution in [3.8, 4) is 0 Å². The van der Waals surface area contributed by atoms with E-state index in [0.29, 0.717) is 6.04 Å². The summed E-state index contributed by atoms with van der Waals surface area (Å²) >= 11 is 14.1. The van der Waals surface area contributed by atoms with E-state index in [2.05, 4.69) is 30.1 Å². The standard InChI is InChI=1S/C7H12ClNO.C7H14.C4H8O.CCl2O/c1-9(7(8)10)6-4-2-3-5-6;1-2-7-5-3-4-6-7;1-2-4-5-3-1;2-1(3)4/h6H,2-5H2,1H3;7H,2-6H2,1H3;1-4H2;. The zero-order chi connectivity index (χ0) is 19.8. The van der Waals surface area contributed by atoms with E-state index >= 15 is 0 Å². The molecule has 1 saturated heterocycles. The van der Waals surface area contributed by atoms with Crippen molar-refractivity contribution in [2.24, 2.45) is 5.92 Å². The van der Waals surface area contributed by atoms with Gasteiger partial charge in [-0.3, -0.25) is 9.59 Å². The predicted octanol–water partition coefficient (Wildman–Crippen LogP) is 7.19. The Bertz CT molecular complexity index is 355. The summed E-state index contributed by atoms with van der Waals surface area (Å²) in [6, 6.07) is 0.407. The molecule has 154 valence electrons. The number of rotatable bonds is 2. The van der Waals surface area contributed by atoms with Crippen LogP contribution in [0.25, 0.3) is 0 Å². The second-order valence-corrected chi connectivity index (χ2v) is 8.11. The monoisotopic (exact) mass is 429 g/mol. The van der Waals surface area contributed by atoms with Gasteiger partial charge in [-0.25, -0.2) is 0 Å². The minimum atomic E-state index is -0.889. The number of ether oxygens (including phenoxy) is 1. The van der Waals surface area contributed by atoms with E-state index in [1.807, 2.05) is 0 Å². The lowest BCUT2D eigenvalue weighted by molar-refractivity contribution is 0.198. The Kier molecular flexibility index (Phi) is 17.1. The molecule has 0 aromatic heterocycles. The highest BCUT2D eigenvalue weighted by atomic mass is 35.5. The van der Waals surface area contributed by atoms with Crippen LogP contribution >= 0.6 is 34.8 Å². The smallest absolute Gasteiger partial charge is 0.316 e. The molecule has 0 bridgehead atoms. The summed E-state index contributed by atoms with van der Waals surface area (Å²) in [5, 5.41) is -0.327. The van der Waals surface area contributed by atoms with Crippen LogP contribution in [-0.4, -0.2) is 41.3 Å². The minimum absolute atomic E-state index is 0.327. The molecule has 1 amide bonds. The van der Waals surface area contributed by atoms with Crippen LogP contribution in [0.15, 0.2) is 0 Å². The summed E-state index contributed by atoms with van der Waals surface area (Å²) in [4.78, 5) is 21.2. The molecule has 1 aliphatic heterocycles. The summed E-state index contributed by atoms with van der Waals surface area (Å²) in [6.07, 6.45) is 14.7. The van der Waals surface area contributed by atoms with Crippen molar-refractivity contribution in [3.05, 3.63) is 0 Å². The molecule has 26 heavy (non-hydrogen) atoms. The average molecular weight is 431 g/mol. The largest absolute Gasteiger partial charge is 0.381 e.